The first kappa shape index (κ1) is 23.4. The van der Waals surface area contributed by atoms with Crippen LogP contribution in [0.3, 0.4) is 0 Å². The Labute approximate surface area is 177 Å². The van der Waals surface area contributed by atoms with Crippen molar-refractivity contribution in [3.63, 3.8) is 0 Å². The van der Waals surface area contributed by atoms with E-state index in [1.165, 1.54) is 18.4 Å². The number of aliphatic hydroxyl groups is 2. The molecule has 0 radical (unpaired) electrons. The zero-order valence-electron chi connectivity index (χ0n) is 16.9. The van der Waals surface area contributed by atoms with Crippen molar-refractivity contribution in [3.8, 4) is 0 Å². The monoisotopic (exact) mass is 428 g/mol. The van der Waals surface area contributed by atoms with Crippen LogP contribution in [0.2, 0.25) is 0 Å². The van der Waals surface area contributed by atoms with E-state index in [4.69, 9.17) is 16.3 Å². The number of aryl methyl sites for hydroxylation is 1. The molecule has 2 N–H and O–H groups in total. The fraction of sp³-hybridized carbons (Fsp3) is 0.682. The lowest BCUT2D eigenvalue weighted by Crippen LogP contribution is -2.19. The number of ether oxygens (including phenoxy) is 1. The predicted octanol–water partition coefficient (Wildman–Crippen LogP) is 4.96. The summed E-state index contributed by atoms with van der Waals surface area (Å²) in [5.74, 6) is -0.0910. The van der Waals surface area contributed by atoms with Gasteiger partial charge in [-0.3, -0.25) is 0 Å². The maximum atomic E-state index is 11.6. The minimum Gasteiger partial charge on any atom is -0.465 e. The van der Waals surface area contributed by atoms with Crippen molar-refractivity contribution in [3.05, 3.63) is 34.0 Å². The molecule has 1 aromatic rings. The second-order valence-corrected chi connectivity index (χ2v) is 9.39. The minimum absolute atomic E-state index is 0.00251. The number of carbonyl (C=O) groups excluding carboxylic acids is 1. The topological polar surface area (TPSA) is 66.8 Å². The SMILES string of the molecule is CCCCC[C@@H](O)C=C[C@H]1[C@@H](CCCc2ccc(C(=O)OC)s2)[C@@H](Cl)C[C@H]1O. The highest BCUT2D eigenvalue weighted by molar-refractivity contribution is 7.13. The Kier molecular flexibility index (Phi) is 10.00. The van der Waals surface area contributed by atoms with Crippen molar-refractivity contribution in [1.82, 2.24) is 0 Å². The summed E-state index contributed by atoms with van der Waals surface area (Å²) in [4.78, 5) is 13.3. The highest BCUT2D eigenvalue weighted by Crippen LogP contribution is 2.40. The lowest BCUT2D eigenvalue weighted by molar-refractivity contribution is 0.0606. The van der Waals surface area contributed by atoms with Crippen LogP contribution < -0.4 is 0 Å². The molecule has 1 aliphatic carbocycles. The smallest absolute Gasteiger partial charge is 0.348 e. The number of unbranched alkanes of at least 4 members (excludes halogenated alkanes) is 2. The number of carbonyl (C=O) groups is 1. The fourth-order valence-electron chi connectivity index (χ4n) is 3.92. The second kappa shape index (κ2) is 12.0. The number of halogens is 1. The van der Waals surface area contributed by atoms with Crippen LogP contribution in [0.25, 0.3) is 0 Å². The Morgan fingerprint density at radius 1 is 1.39 bits per heavy atom. The molecule has 5 atom stereocenters. The first-order valence-corrected chi connectivity index (χ1v) is 11.6. The van der Waals surface area contributed by atoms with Gasteiger partial charge in [-0.1, -0.05) is 38.3 Å². The Bertz CT molecular complexity index is 630. The van der Waals surface area contributed by atoms with Crippen LogP contribution in [0, 0.1) is 11.8 Å². The minimum atomic E-state index is -0.448. The van der Waals surface area contributed by atoms with Gasteiger partial charge in [-0.15, -0.1) is 22.9 Å². The molecule has 0 unspecified atom stereocenters. The van der Waals surface area contributed by atoms with Gasteiger partial charge in [-0.05, 0) is 50.2 Å². The molecule has 1 aromatic heterocycles. The molecular weight excluding hydrogens is 396 g/mol. The quantitative estimate of drug-likeness (QED) is 0.226. The zero-order chi connectivity index (χ0) is 20.5. The van der Waals surface area contributed by atoms with Gasteiger partial charge in [0.1, 0.15) is 4.88 Å². The number of hydrogen-bond acceptors (Lipinski definition) is 5. The normalized spacial score (nSPS) is 26.0. The van der Waals surface area contributed by atoms with Gasteiger partial charge in [0.05, 0.1) is 19.3 Å². The third-order valence-electron chi connectivity index (χ3n) is 5.54. The van der Waals surface area contributed by atoms with Crippen LogP contribution in [0.4, 0.5) is 0 Å². The largest absolute Gasteiger partial charge is 0.465 e. The molecule has 1 saturated carbocycles. The van der Waals surface area contributed by atoms with E-state index in [0.29, 0.717) is 11.3 Å². The summed E-state index contributed by atoms with van der Waals surface area (Å²) in [6.45, 7) is 2.15. The van der Waals surface area contributed by atoms with Crippen molar-refractivity contribution >= 4 is 28.9 Å². The van der Waals surface area contributed by atoms with Crippen molar-refractivity contribution in [2.45, 2.75) is 75.9 Å². The summed E-state index contributed by atoms with van der Waals surface area (Å²) in [5, 5.41) is 20.5. The van der Waals surface area contributed by atoms with Crippen molar-refractivity contribution in [2.24, 2.45) is 11.8 Å². The Balaban J connectivity index is 1.85. The molecule has 2 rings (SSSR count). The molecule has 0 aliphatic heterocycles. The van der Waals surface area contributed by atoms with Crippen LogP contribution >= 0.6 is 22.9 Å². The maximum Gasteiger partial charge on any atom is 0.348 e. The van der Waals surface area contributed by atoms with E-state index >= 15 is 0 Å². The number of methoxy groups -OCH3 is 1. The molecule has 6 heteroatoms. The molecule has 0 saturated heterocycles. The highest BCUT2D eigenvalue weighted by Gasteiger charge is 2.39. The van der Waals surface area contributed by atoms with Crippen molar-refractivity contribution < 1.29 is 19.7 Å². The van der Waals surface area contributed by atoms with Crippen molar-refractivity contribution in [1.29, 1.82) is 0 Å². The highest BCUT2D eigenvalue weighted by atomic mass is 35.5. The van der Waals surface area contributed by atoms with Crippen LogP contribution in [-0.2, 0) is 11.2 Å². The average molecular weight is 429 g/mol. The Morgan fingerprint density at radius 3 is 2.89 bits per heavy atom. The molecule has 0 bridgehead atoms. The van der Waals surface area contributed by atoms with Crippen LogP contribution in [0.5, 0.6) is 0 Å². The molecule has 1 fully saturated rings. The van der Waals surface area contributed by atoms with E-state index in [1.54, 1.807) is 6.07 Å². The molecule has 0 amide bonds. The number of alkyl halides is 1. The summed E-state index contributed by atoms with van der Waals surface area (Å²) in [5.41, 5.74) is 0. The van der Waals surface area contributed by atoms with Crippen LogP contribution in [-0.4, -0.2) is 40.9 Å². The number of aliphatic hydroxyl groups excluding tert-OH is 2. The molecule has 0 spiro atoms. The maximum absolute atomic E-state index is 11.6. The Morgan fingerprint density at radius 2 is 2.18 bits per heavy atom. The number of thiophene rings is 1. The molecule has 28 heavy (non-hydrogen) atoms. The summed E-state index contributed by atoms with van der Waals surface area (Å²) < 4.78 is 4.75. The molecular formula is C22H33ClO4S. The van der Waals surface area contributed by atoms with E-state index in [2.05, 4.69) is 6.92 Å². The fourth-order valence-corrected chi connectivity index (χ4v) is 5.37. The summed E-state index contributed by atoms with van der Waals surface area (Å²) in [6.07, 6.45) is 10.3. The van der Waals surface area contributed by atoms with Gasteiger partial charge in [0.15, 0.2) is 0 Å². The van der Waals surface area contributed by atoms with Crippen LogP contribution in [0.1, 0.15) is 66.4 Å². The summed E-state index contributed by atoms with van der Waals surface area (Å²) >= 11 is 7.99. The van der Waals surface area contributed by atoms with E-state index in [1.807, 2.05) is 18.2 Å². The average Bonchev–Trinajstić information content (AvgIpc) is 3.24. The third-order valence-corrected chi connectivity index (χ3v) is 7.16. The third kappa shape index (κ3) is 6.87. The van der Waals surface area contributed by atoms with E-state index in [9.17, 15) is 15.0 Å². The van der Waals surface area contributed by atoms with Crippen LogP contribution in [0.15, 0.2) is 24.3 Å². The zero-order valence-corrected chi connectivity index (χ0v) is 18.4. The van der Waals surface area contributed by atoms with Crippen molar-refractivity contribution in [2.75, 3.05) is 7.11 Å². The standard InChI is InChI=1S/C22H33ClO4S/c1-3-4-5-7-15(24)10-12-18-17(19(23)14-20(18)25)9-6-8-16-11-13-21(28-16)22(26)27-2/h10-13,15,17-20,24-25H,3-9,14H2,1-2H3/t15-,17-,18+,19+,20-/m1/s1. The predicted molar refractivity (Wildman–Crippen MR) is 115 cm³/mol. The first-order chi connectivity index (χ1) is 13.5. The number of rotatable bonds is 11. The first-order valence-electron chi connectivity index (χ1n) is 10.3. The van der Waals surface area contributed by atoms with E-state index < -0.39 is 12.2 Å². The molecule has 1 aliphatic rings. The molecule has 4 nitrogen and oxygen atoms in total. The van der Waals surface area contributed by atoms with Gasteiger partial charge in [-0.2, -0.15) is 0 Å². The lowest BCUT2D eigenvalue weighted by atomic mass is 9.89. The van der Waals surface area contributed by atoms with Gasteiger partial charge in [0, 0.05) is 16.2 Å². The lowest BCUT2D eigenvalue weighted by Gasteiger charge is -2.21. The van der Waals surface area contributed by atoms with Gasteiger partial charge < -0.3 is 14.9 Å². The molecule has 158 valence electrons. The van der Waals surface area contributed by atoms with Gasteiger partial charge in [0.25, 0.3) is 0 Å². The summed E-state index contributed by atoms with van der Waals surface area (Å²) in [7, 11) is 1.39. The van der Waals surface area contributed by atoms with Gasteiger partial charge in [-0.25, -0.2) is 4.79 Å². The number of hydrogen-bond donors (Lipinski definition) is 2. The van der Waals surface area contributed by atoms with Gasteiger partial charge >= 0.3 is 5.97 Å². The Hall–Kier alpha value is -0.880. The van der Waals surface area contributed by atoms with E-state index in [-0.39, 0.29) is 23.2 Å². The van der Waals surface area contributed by atoms with E-state index in [0.717, 1.165) is 49.8 Å². The van der Waals surface area contributed by atoms with Gasteiger partial charge in [0.2, 0.25) is 0 Å². The second-order valence-electron chi connectivity index (χ2n) is 7.66. The molecule has 0 aromatic carbocycles. The number of esters is 1. The summed E-state index contributed by atoms with van der Waals surface area (Å²) in [6, 6.07) is 3.78. The molecule has 1 heterocycles.